The second-order valence-corrected chi connectivity index (χ2v) is 5.97. The summed E-state index contributed by atoms with van der Waals surface area (Å²) in [6.45, 7) is 8.11. The molecule has 0 amide bonds. The van der Waals surface area contributed by atoms with Gasteiger partial charge in [-0.3, -0.25) is 4.79 Å². The first kappa shape index (κ1) is 16.8. The molecule has 0 fully saturated rings. The minimum absolute atomic E-state index is 0.399. The van der Waals surface area contributed by atoms with Gasteiger partial charge in [0.2, 0.25) is 5.79 Å². The number of carbonyl (C=O) groups excluding carboxylic acids is 1. The van der Waals surface area contributed by atoms with E-state index in [-0.39, 0.29) is 0 Å². The van der Waals surface area contributed by atoms with E-state index in [1.807, 2.05) is 0 Å². The lowest BCUT2D eigenvalue weighted by Crippen LogP contribution is -2.51. The Morgan fingerprint density at radius 2 is 1.75 bits per heavy atom. The number of aliphatic hydroxyl groups is 1. The standard InChI is InChI=1S/C15H21ClO4/c1-10(14(3,4)19-11(2)17)15(5,18)20-13-8-6-12(16)7-9-13/h6-10,18H,1-5H3. The monoisotopic (exact) mass is 300 g/mol. The molecule has 1 N–H and O–H groups in total. The van der Waals surface area contributed by atoms with Gasteiger partial charge in [0.25, 0.3) is 0 Å². The summed E-state index contributed by atoms with van der Waals surface area (Å²) in [5, 5.41) is 11.1. The molecule has 1 aromatic rings. The molecule has 1 rings (SSSR count). The first-order valence-corrected chi connectivity index (χ1v) is 6.79. The molecule has 0 aliphatic rings. The molecule has 2 unspecified atom stereocenters. The summed E-state index contributed by atoms with van der Waals surface area (Å²) < 4.78 is 10.8. The third kappa shape index (κ3) is 4.39. The van der Waals surface area contributed by atoms with Crippen LogP contribution in [0.3, 0.4) is 0 Å². The van der Waals surface area contributed by atoms with Crippen LogP contribution in [0.15, 0.2) is 24.3 Å². The molecule has 0 bridgehead atoms. The maximum Gasteiger partial charge on any atom is 0.303 e. The Bertz CT molecular complexity index is 465. The van der Waals surface area contributed by atoms with Gasteiger partial charge in [0.15, 0.2) is 0 Å². The summed E-state index contributed by atoms with van der Waals surface area (Å²) in [4.78, 5) is 11.1. The summed E-state index contributed by atoms with van der Waals surface area (Å²) in [6.07, 6.45) is 0. The van der Waals surface area contributed by atoms with Crippen LogP contribution >= 0.6 is 11.6 Å². The van der Waals surface area contributed by atoms with Gasteiger partial charge in [0.05, 0.1) is 5.92 Å². The number of esters is 1. The lowest BCUT2D eigenvalue weighted by Gasteiger charge is -2.40. The van der Waals surface area contributed by atoms with E-state index >= 15 is 0 Å². The van der Waals surface area contributed by atoms with Gasteiger partial charge >= 0.3 is 5.97 Å². The molecular formula is C15H21ClO4. The third-order valence-electron chi connectivity index (χ3n) is 3.39. The molecule has 0 saturated heterocycles. The Labute approximate surface area is 124 Å². The van der Waals surface area contributed by atoms with Crippen LogP contribution in [0.4, 0.5) is 0 Å². The van der Waals surface area contributed by atoms with Crippen LogP contribution in [0, 0.1) is 5.92 Å². The van der Waals surface area contributed by atoms with E-state index in [1.54, 1.807) is 45.0 Å². The number of hydrogen-bond donors (Lipinski definition) is 1. The topological polar surface area (TPSA) is 55.8 Å². The zero-order valence-electron chi connectivity index (χ0n) is 12.4. The number of rotatable bonds is 5. The fourth-order valence-corrected chi connectivity index (χ4v) is 2.06. The highest BCUT2D eigenvalue weighted by Crippen LogP contribution is 2.33. The zero-order chi connectivity index (χ0) is 15.6. The summed E-state index contributed by atoms with van der Waals surface area (Å²) in [6, 6.07) is 6.69. The zero-order valence-corrected chi connectivity index (χ0v) is 13.2. The average Bonchev–Trinajstić information content (AvgIpc) is 2.29. The fourth-order valence-electron chi connectivity index (χ4n) is 1.93. The van der Waals surface area contributed by atoms with Crippen LogP contribution in [0.2, 0.25) is 5.02 Å². The van der Waals surface area contributed by atoms with Gasteiger partial charge < -0.3 is 14.6 Å². The van der Waals surface area contributed by atoms with Crippen molar-refractivity contribution in [2.24, 2.45) is 5.92 Å². The van der Waals surface area contributed by atoms with E-state index in [4.69, 9.17) is 21.1 Å². The van der Waals surface area contributed by atoms with E-state index < -0.39 is 23.3 Å². The molecular weight excluding hydrogens is 280 g/mol. The van der Waals surface area contributed by atoms with Gasteiger partial charge in [-0.2, -0.15) is 0 Å². The van der Waals surface area contributed by atoms with Gasteiger partial charge in [-0.25, -0.2) is 0 Å². The Morgan fingerprint density at radius 3 is 2.20 bits per heavy atom. The van der Waals surface area contributed by atoms with Gasteiger partial charge in [-0.15, -0.1) is 0 Å². The quantitative estimate of drug-likeness (QED) is 0.669. The highest BCUT2D eigenvalue weighted by molar-refractivity contribution is 6.30. The maximum absolute atomic E-state index is 11.1. The average molecular weight is 301 g/mol. The molecule has 4 nitrogen and oxygen atoms in total. The van der Waals surface area contributed by atoms with Crippen molar-refractivity contribution in [2.75, 3.05) is 0 Å². The van der Waals surface area contributed by atoms with E-state index in [0.717, 1.165) is 0 Å². The number of carbonyl (C=O) groups is 1. The minimum atomic E-state index is -1.49. The van der Waals surface area contributed by atoms with Gasteiger partial charge in [-0.1, -0.05) is 18.5 Å². The van der Waals surface area contributed by atoms with Crippen molar-refractivity contribution in [2.45, 2.75) is 46.0 Å². The van der Waals surface area contributed by atoms with Crippen LogP contribution in [-0.4, -0.2) is 22.5 Å². The molecule has 1 aromatic carbocycles. The molecule has 20 heavy (non-hydrogen) atoms. The number of hydrogen-bond acceptors (Lipinski definition) is 4. The van der Waals surface area contributed by atoms with Gasteiger partial charge in [-0.05, 0) is 38.1 Å². The molecule has 112 valence electrons. The first-order valence-electron chi connectivity index (χ1n) is 6.41. The van der Waals surface area contributed by atoms with Crippen LogP contribution in [-0.2, 0) is 9.53 Å². The van der Waals surface area contributed by atoms with Gasteiger partial charge in [0, 0.05) is 18.9 Å². The van der Waals surface area contributed by atoms with Crippen LogP contribution in [0.25, 0.3) is 0 Å². The minimum Gasteiger partial charge on any atom is -0.462 e. The highest BCUT2D eigenvalue weighted by atomic mass is 35.5. The van der Waals surface area contributed by atoms with Crippen molar-refractivity contribution in [3.63, 3.8) is 0 Å². The van der Waals surface area contributed by atoms with E-state index in [0.29, 0.717) is 10.8 Å². The molecule has 0 aromatic heterocycles. The first-order chi connectivity index (χ1) is 9.04. The van der Waals surface area contributed by atoms with Crippen LogP contribution < -0.4 is 4.74 Å². The fraction of sp³-hybridized carbons (Fsp3) is 0.533. The number of halogens is 1. The van der Waals surface area contributed by atoms with E-state index in [9.17, 15) is 9.90 Å². The third-order valence-corrected chi connectivity index (χ3v) is 3.64. The van der Waals surface area contributed by atoms with Gasteiger partial charge in [0.1, 0.15) is 11.4 Å². The van der Waals surface area contributed by atoms with E-state index in [2.05, 4.69) is 0 Å². The smallest absolute Gasteiger partial charge is 0.303 e. The molecule has 0 radical (unpaired) electrons. The molecule has 5 heteroatoms. The number of ether oxygens (including phenoxy) is 2. The van der Waals surface area contributed by atoms with E-state index in [1.165, 1.54) is 13.8 Å². The van der Waals surface area contributed by atoms with Crippen molar-refractivity contribution in [1.29, 1.82) is 0 Å². The molecule has 2 atom stereocenters. The van der Waals surface area contributed by atoms with Crippen LogP contribution in [0.5, 0.6) is 5.75 Å². The molecule has 0 aliphatic carbocycles. The Kier molecular flexibility index (Phi) is 5.05. The summed E-state index contributed by atoms with van der Waals surface area (Å²) in [7, 11) is 0. The van der Waals surface area contributed by atoms with Crippen molar-refractivity contribution >= 4 is 17.6 Å². The Balaban J connectivity index is 2.86. The Morgan fingerprint density at radius 1 is 1.25 bits per heavy atom. The largest absolute Gasteiger partial charge is 0.462 e. The van der Waals surface area contributed by atoms with Crippen molar-refractivity contribution in [1.82, 2.24) is 0 Å². The Hall–Kier alpha value is -1.26. The summed E-state index contributed by atoms with van der Waals surface area (Å²) in [5.74, 6) is -1.85. The predicted octanol–water partition coefficient (Wildman–Crippen LogP) is 3.41. The normalized spacial score (nSPS) is 16.1. The SMILES string of the molecule is CC(=O)OC(C)(C)C(C)C(C)(O)Oc1ccc(Cl)cc1. The van der Waals surface area contributed by atoms with Crippen molar-refractivity contribution < 1.29 is 19.4 Å². The van der Waals surface area contributed by atoms with Crippen molar-refractivity contribution in [3.05, 3.63) is 29.3 Å². The highest BCUT2D eigenvalue weighted by Gasteiger charge is 2.43. The molecule has 0 saturated carbocycles. The molecule has 0 heterocycles. The van der Waals surface area contributed by atoms with Crippen molar-refractivity contribution in [3.8, 4) is 5.75 Å². The maximum atomic E-state index is 11.1. The lowest BCUT2D eigenvalue weighted by molar-refractivity contribution is -0.213. The lowest BCUT2D eigenvalue weighted by atomic mass is 9.85. The molecule has 0 aliphatic heterocycles. The summed E-state index contributed by atoms with van der Waals surface area (Å²) >= 11 is 5.80. The second-order valence-electron chi connectivity index (χ2n) is 5.53. The predicted molar refractivity (Wildman–Crippen MR) is 77.7 cm³/mol. The second kappa shape index (κ2) is 6.02. The number of benzene rings is 1. The van der Waals surface area contributed by atoms with Crippen LogP contribution in [0.1, 0.15) is 34.6 Å². The summed E-state index contributed by atoms with van der Waals surface area (Å²) in [5.41, 5.74) is -0.859. The molecule has 0 spiro atoms.